The van der Waals surface area contributed by atoms with Crippen molar-refractivity contribution in [3.63, 3.8) is 0 Å². The fraction of sp³-hybridized carbons (Fsp3) is 0.562. The van der Waals surface area contributed by atoms with E-state index < -0.39 is 0 Å². The summed E-state index contributed by atoms with van der Waals surface area (Å²) < 4.78 is 5.20. The average Bonchev–Trinajstić information content (AvgIpc) is 2.48. The van der Waals surface area contributed by atoms with Crippen LogP contribution in [0, 0.1) is 0 Å². The van der Waals surface area contributed by atoms with Gasteiger partial charge in [0.1, 0.15) is 5.75 Å². The molecule has 1 heterocycles. The number of hydrogen-bond acceptors (Lipinski definition) is 2. The lowest BCUT2D eigenvalue weighted by Gasteiger charge is -2.33. The minimum Gasteiger partial charge on any atom is -0.497 e. The summed E-state index contributed by atoms with van der Waals surface area (Å²) in [5.41, 5.74) is 1.18. The average molecular weight is 276 g/mol. The maximum Gasteiger partial charge on any atom is 0.317 e. The maximum atomic E-state index is 12.1. The van der Waals surface area contributed by atoms with E-state index in [1.165, 1.54) is 12.0 Å². The van der Waals surface area contributed by atoms with Crippen molar-refractivity contribution in [2.24, 2.45) is 0 Å². The molecular weight excluding hydrogens is 252 g/mol. The molecule has 1 aliphatic heterocycles. The van der Waals surface area contributed by atoms with Crippen LogP contribution in [-0.2, 0) is 6.42 Å². The van der Waals surface area contributed by atoms with Crippen LogP contribution < -0.4 is 10.1 Å². The number of hydrogen-bond donors (Lipinski definition) is 1. The van der Waals surface area contributed by atoms with Crippen LogP contribution in [0.2, 0.25) is 0 Å². The minimum atomic E-state index is 0.0695. The molecule has 1 aromatic rings. The molecule has 1 aliphatic rings. The first-order valence-electron chi connectivity index (χ1n) is 7.38. The number of nitrogens with one attached hydrogen (secondary N) is 1. The van der Waals surface area contributed by atoms with Gasteiger partial charge in [-0.25, -0.2) is 4.79 Å². The van der Waals surface area contributed by atoms with Gasteiger partial charge in [0.25, 0.3) is 0 Å². The van der Waals surface area contributed by atoms with E-state index in [1.807, 2.05) is 23.1 Å². The van der Waals surface area contributed by atoms with E-state index in [0.29, 0.717) is 12.6 Å². The van der Waals surface area contributed by atoms with Crippen molar-refractivity contribution in [3.8, 4) is 5.75 Å². The van der Waals surface area contributed by atoms with E-state index in [0.717, 1.165) is 31.6 Å². The maximum absolute atomic E-state index is 12.1. The van der Waals surface area contributed by atoms with Crippen LogP contribution in [0.4, 0.5) is 4.79 Å². The number of likely N-dealkylation sites (tertiary alicyclic amines) is 1. The van der Waals surface area contributed by atoms with E-state index in [1.54, 1.807) is 7.11 Å². The van der Waals surface area contributed by atoms with Crippen molar-refractivity contribution < 1.29 is 9.53 Å². The molecule has 0 radical (unpaired) electrons. The molecule has 1 saturated heterocycles. The number of carbonyl (C=O) groups is 1. The molecule has 4 nitrogen and oxygen atoms in total. The zero-order valence-electron chi connectivity index (χ0n) is 12.4. The van der Waals surface area contributed by atoms with Gasteiger partial charge >= 0.3 is 6.03 Å². The molecule has 20 heavy (non-hydrogen) atoms. The van der Waals surface area contributed by atoms with Gasteiger partial charge in [-0.1, -0.05) is 12.1 Å². The number of piperidine rings is 1. The number of urea groups is 1. The lowest BCUT2D eigenvalue weighted by atomic mass is 10.0. The fourth-order valence-electron chi connectivity index (χ4n) is 2.64. The Morgan fingerprint density at radius 1 is 1.45 bits per heavy atom. The third-order valence-corrected chi connectivity index (χ3v) is 3.89. The number of ether oxygens (including phenoxy) is 1. The van der Waals surface area contributed by atoms with Crippen LogP contribution in [0.15, 0.2) is 24.3 Å². The molecule has 1 aromatic carbocycles. The van der Waals surface area contributed by atoms with Crippen LogP contribution in [0.5, 0.6) is 5.75 Å². The van der Waals surface area contributed by atoms with Crippen molar-refractivity contribution >= 4 is 6.03 Å². The number of carbonyl (C=O) groups excluding carboxylic acids is 1. The first-order valence-corrected chi connectivity index (χ1v) is 7.38. The van der Waals surface area contributed by atoms with Gasteiger partial charge in [-0.3, -0.25) is 0 Å². The third-order valence-electron chi connectivity index (χ3n) is 3.89. The summed E-state index contributed by atoms with van der Waals surface area (Å²) in [6.45, 7) is 3.67. The quantitative estimate of drug-likeness (QED) is 0.918. The van der Waals surface area contributed by atoms with Crippen LogP contribution in [0.1, 0.15) is 31.7 Å². The highest BCUT2D eigenvalue weighted by molar-refractivity contribution is 5.74. The van der Waals surface area contributed by atoms with Crippen molar-refractivity contribution in [2.75, 3.05) is 20.2 Å². The van der Waals surface area contributed by atoms with E-state index >= 15 is 0 Å². The van der Waals surface area contributed by atoms with Gasteiger partial charge in [0.05, 0.1) is 7.11 Å². The van der Waals surface area contributed by atoms with Crippen LogP contribution in [-0.4, -0.2) is 37.2 Å². The zero-order valence-corrected chi connectivity index (χ0v) is 12.4. The highest BCUT2D eigenvalue weighted by Crippen LogP contribution is 2.16. The highest BCUT2D eigenvalue weighted by atomic mass is 16.5. The van der Waals surface area contributed by atoms with Gasteiger partial charge in [-0.15, -0.1) is 0 Å². The highest BCUT2D eigenvalue weighted by Gasteiger charge is 2.22. The predicted octanol–water partition coefficient (Wildman–Crippen LogP) is 2.82. The number of rotatable bonds is 4. The summed E-state index contributed by atoms with van der Waals surface area (Å²) in [5, 5.41) is 3.01. The number of amides is 2. The molecule has 2 amide bonds. The SMILES string of the molecule is COc1cccc(CCNC(=O)N2CCCCC2C)c1. The summed E-state index contributed by atoms with van der Waals surface area (Å²) in [5.74, 6) is 0.860. The number of benzene rings is 1. The van der Waals surface area contributed by atoms with Gasteiger partial charge in [-0.05, 0) is 50.3 Å². The Labute approximate surface area is 121 Å². The van der Waals surface area contributed by atoms with Crippen molar-refractivity contribution in [2.45, 2.75) is 38.6 Å². The molecule has 0 spiro atoms. The molecule has 0 bridgehead atoms. The zero-order chi connectivity index (χ0) is 14.4. The van der Waals surface area contributed by atoms with Crippen molar-refractivity contribution in [1.82, 2.24) is 10.2 Å². The van der Waals surface area contributed by atoms with Gasteiger partial charge in [0.2, 0.25) is 0 Å². The molecule has 1 fully saturated rings. The summed E-state index contributed by atoms with van der Waals surface area (Å²) in [6.07, 6.45) is 4.29. The van der Waals surface area contributed by atoms with Gasteiger partial charge < -0.3 is 15.0 Å². The second kappa shape index (κ2) is 7.17. The topological polar surface area (TPSA) is 41.6 Å². The second-order valence-corrected chi connectivity index (χ2v) is 5.37. The molecule has 1 N–H and O–H groups in total. The fourth-order valence-corrected chi connectivity index (χ4v) is 2.64. The first kappa shape index (κ1) is 14.7. The van der Waals surface area contributed by atoms with Gasteiger partial charge in [0.15, 0.2) is 0 Å². The van der Waals surface area contributed by atoms with Crippen molar-refractivity contribution in [1.29, 1.82) is 0 Å². The smallest absolute Gasteiger partial charge is 0.317 e. The Bertz CT molecular complexity index is 448. The van der Waals surface area contributed by atoms with Gasteiger partial charge in [-0.2, -0.15) is 0 Å². The Balaban J connectivity index is 1.78. The van der Waals surface area contributed by atoms with Gasteiger partial charge in [0, 0.05) is 19.1 Å². The predicted molar refractivity (Wildman–Crippen MR) is 80.1 cm³/mol. The summed E-state index contributed by atoms with van der Waals surface area (Å²) in [7, 11) is 1.67. The van der Waals surface area contributed by atoms with Crippen LogP contribution >= 0.6 is 0 Å². The number of nitrogens with zero attached hydrogens (tertiary/aromatic N) is 1. The lowest BCUT2D eigenvalue weighted by Crippen LogP contribution is -2.47. The molecule has 1 atom stereocenters. The van der Waals surface area contributed by atoms with E-state index in [-0.39, 0.29) is 6.03 Å². The molecule has 110 valence electrons. The minimum absolute atomic E-state index is 0.0695. The summed E-state index contributed by atoms with van der Waals surface area (Å²) in [6, 6.07) is 8.40. The molecule has 4 heteroatoms. The normalized spacial score (nSPS) is 18.7. The Morgan fingerprint density at radius 2 is 2.30 bits per heavy atom. The second-order valence-electron chi connectivity index (χ2n) is 5.37. The number of methoxy groups -OCH3 is 1. The van der Waals surface area contributed by atoms with Crippen LogP contribution in [0.25, 0.3) is 0 Å². The van der Waals surface area contributed by atoms with Crippen molar-refractivity contribution in [3.05, 3.63) is 29.8 Å². The molecular formula is C16H24N2O2. The Hall–Kier alpha value is -1.71. The molecule has 0 aromatic heterocycles. The molecule has 2 rings (SSSR count). The first-order chi connectivity index (χ1) is 9.70. The lowest BCUT2D eigenvalue weighted by molar-refractivity contribution is 0.158. The monoisotopic (exact) mass is 276 g/mol. The summed E-state index contributed by atoms with van der Waals surface area (Å²) >= 11 is 0. The van der Waals surface area contributed by atoms with E-state index in [9.17, 15) is 4.79 Å². The molecule has 0 saturated carbocycles. The Morgan fingerprint density at radius 3 is 3.05 bits per heavy atom. The standard InChI is InChI=1S/C16H24N2O2/c1-13-6-3-4-11-18(13)16(19)17-10-9-14-7-5-8-15(12-14)20-2/h5,7-8,12-13H,3-4,6,9-11H2,1-2H3,(H,17,19). The Kier molecular flexibility index (Phi) is 5.27. The van der Waals surface area contributed by atoms with E-state index in [4.69, 9.17) is 4.74 Å². The largest absolute Gasteiger partial charge is 0.497 e. The molecule has 0 aliphatic carbocycles. The third kappa shape index (κ3) is 3.89. The van der Waals surface area contributed by atoms with E-state index in [2.05, 4.69) is 18.3 Å². The van der Waals surface area contributed by atoms with Crippen LogP contribution in [0.3, 0.4) is 0 Å². The summed E-state index contributed by atoms with van der Waals surface area (Å²) in [4.78, 5) is 14.1. The molecule has 1 unspecified atom stereocenters.